The Kier molecular flexibility index (Phi) is 13.3. The Morgan fingerprint density at radius 2 is 0.714 bits per heavy atom. The molecule has 0 aromatic carbocycles. The van der Waals surface area contributed by atoms with E-state index in [1.54, 1.807) is 0 Å². The number of amides is 2. The normalized spacial score (nSPS) is 23.0. The van der Waals surface area contributed by atoms with Gasteiger partial charge in [-0.15, -0.1) is 0 Å². The van der Waals surface area contributed by atoms with Gasteiger partial charge in [-0.05, 0) is 23.2 Å². The second kappa shape index (κ2) is 15.6. The molecular weight excluding hydrogens is 661 g/mol. The van der Waals surface area contributed by atoms with Gasteiger partial charge in [0, 0.05) is 52.4 Å². The average molecular weight is 695 g/mol. The van der Waals surface area contributed by atoms with Gasteiger partial charge in [-0.25, -0.2) is 18.7 Å². The molecule has 22 heteroatoms. The van der Waals surface area contributed by atoms with E-state index in [2.05, 4.69) is 0 Å². The van der Waals surface area contributed by atoms with E-state index in [0.717, 1.165) is 0 Å². The fourth-order valence-corrected chi connectivity index (χ4v) is 9.47. The minimum absolute atomic E-state index is 0.281. The van der Waals surface area contributed by atoms with Crippen LogP contribution in [0.15, 0.2) is 0 Å². The number of hydrogen-bond acceptors (Lipinski definition) is 8. The van der Waals surface area contributed by atoms with Gasteiger partial charge < -0.3 is 18.9 Å². The second-order valence-corrected chi connectivity index (χ2v) is 15.1. The first-order valence-corrected chi connectivity index (χ1v) is 17.0. The summed E-state index contributed by atoms with van der Waals surface area (Å²) >= 11 is 9.43. The largest absolute Gasteiger partial charge is 0.400 e. The molecule has 0 atom stereocenters. The predicted molar refractivity (Wildman–Crippen MR) is 143 cm³/mol. The van der Waals surface area contributed by atoms with Crippen molar-refractivity contribution in [2.45, 2.75) is 10.8 Å². The Bertz CT molecular complexity index is 884. The van der Waals surface area contributed by atoms with E-state index in [1.807, 2.05) is 10.2 Å². The summed E-state index contributed by atoms with van der Waals surface area (Å²) in [7, 11) is -7.36. The van der Waals surface area contributed by atoms with Crippen LogP contribution in [0.4, 0.5) is 17.6 Å². The van der Waals surface area contributed by atoms with Crippen LogP contribution in [0.1, 0.15) is 0 Å². The molecule has 0 aromatic heterocycles. The maximum Gasteiger partial charge on any atom is 0.400 e. The standard InChI is InChI=1S/2C10H17ClF2N3O4P/c2*11-10(12,13)9(17)14-21(18,15-1-5-19-6-2-15)16-3-7-20-8-4-16/h2*1-8H2,(H,14,17,18). The van der Waals surface area contributed by atoms with Crippen LogP contribution in [0.5, 0.6) is 0 Å². The molecule has 4 saturated heterocycles. The van der Waals surface area contributed by atoms with Crippen LogP contribution >= 0.6 is 38.4 Å². The zero-order valence-electron chi connectivity index (χ0n) is 22.5. The highest BCUT2D eigenvalue weighted by atomic mass is 35.5. The highest BCUT2D eigenvalue weighted by Crippen LogP contribution is 2.51. The Morgan fingerprint density at radius 3 is 0.881 bits per heavy atom. The lowest BCUT2D eigenvalue weighted by molar-refractivity contribution is -0.134. The van der Waals surface area contributed by atoms with E-state index in [4.69, 9.17) is 42.1 Å². The van der Waals surface area contributed by atoms with Crippen molar-refractivity contribution in [1.29, 1.82) is 0 Å². The topological polar surface area (TPSA) is 142 Å². The first-order chi connectivity index (χ1) is 19.7. The number of morpholine rings is 4. The van der Waals surface area contributed by atoms with Crippen molar-refractivity contribution in [2.24, 2.45) is 0 Å². The molecule has 0 unspecified atom stereocenters. The summed E-state index contributed by atoms with van der Waals surface area (Å²) < 4.78 is 105. The Balaban J connectivity index is 0.000000230. The average Bonchev–Trinajstić information content (AvgIpc) is 2.98. The van der Waals surface area contributed by atoms with Crippen molar-refractivity contribution in [2.75, 3.05) is 105 Å². The maximum atomic E-state index is 13.2. The Labute approximate surface area is 250 Å². The first-order valence-electron chi connectivity index (χ1n) is 13.0. The summed E-state index contributed by atoms with van der Waals surface area (Å²) in [5, 5.41) is -4.31. The second-order valence-electron chi connectivity index (χ2n) is 9.23. The summed E-state index contributed by atoms with van der Waals surface area (Å²) in [5.74, 6) is -3.52. The van der Waals surface area contributed by atoms with Crippen LogP contribution in [0.3, 0.4) is 0 Å². The molecule has 4 aliphatic rings. The molecule has 4 fully saturated rings. The highest BCUT2D eigenvalue weighted by Gasteiger charge is 2.47. The number of carbonyl (C=O) groups excluding carboxylic acids is 2. The van der Waals surface area contributed by atoms with Crippen molar-refractivity contribution in [3.8, 4) is 0 Å². The molecule has 0 radical (unpaired) electrons. The van der Waals surface area contributed by atoms with Crippen LogP contribution in [0, 0.1) is 0 Å². The number of carbonyl (C=O) groups is 2. The zero-order valence-corrected chi connectivity index (χ0v) is 25.8. The van der Waals surface area contributed by atoms with Gasteiger partial charge in [0.25, 0.3) is 0 Å². The van der Waals surface area contributed by atoms with Crippen LogP contribution in [0.25, 0.3) is 0 Å². The van der Waals surface area contributed by atoms with Gasteiger partial charge in [0.2, 0.25) is 0 Å². The SMILES string of the molecule is O=C(NP(=O)(N1CCOCC1)N1CCOCC1)C(F)(F)Cl.O=C(NP(=O)(N1CCOCC1)N1CCOCC1)C(F)(F)Cl. The van der Waals surface area contributed by atoms with E-state index in [-0.39, 0.29) is 52.4 Å². The molecule has 2 amide bonds. The smallest absolute Gasteiger partial charge is 0.379 e. The number of nitrogens with zero attached hydrogens (tertiary/aromatic N) is 4. The number of rotatable bonds is 8. The van der Waals surface area contributed by atoms with E-state index in [1.165, 1.54) is 18.7 Å². The summed E-state index contributed by atoms with van der Waals surface area (Å²) in [6.07, 6.45) is 0. The molecule has 4 rings (SSSR count). The van der Waals surface area contributed by atoms with Crippen LogP contribution in [0.2, 0.25) is 0 Å². The molecule has 42 heavy (non-hydrogen) atoms. The predicted octanol–water partition coefficient (Wildman–Crippen LogP) is 1.41. The summed E-state index contributed by atoms with van der Waals surface area (Å²) in [6, 6.07) is 0. The molecule has 0 spiro atoms. The summed E-state index contributed by atoms with van der Waals surface area (Å²) in [6.45, 7) is 4.81. The molecule has 0 aromatic rings. The maximum absolute atomic E-state index is 13.2. The highest BCUT2D eigenvalue weighted by molar-refractivity contribution is 7.58. The minimum Gasteiger partial charge on any atom is -0.379 e. The fourth-order valence-electron chi connectivity index (χ4n) is 4.33. The van der Waals surface area contributed by atoms with E-state index in [9.17, 15) is 36.3 Å². The third-order valence-corrected chi connectivity index (χ3v) is 12.5. The first kappa shape index (κ1) is 35.9. The molecule has 4 heterocycles. The van der Waals surface area contributed by atoms with Crippen molar-refractivity contribution in [3.05, 3.63) is 0 Å². The lowest BCUT2D eigenvalue weighted by Crippen LogP contribution is -2.50. The molecular formula is C20H34Cl2F4N6O8P2. The molecule has 2 N–H and O–H groups in total. The van der Waals surface area contributed by atoms with Gasteiger partial charge in [-0.2, -0.15) is 17.6 Å². The molecule has 244 valence electrons. The van der Waals surface area contributed by atoms with Crippen LogP contribution in [-0.2, 0) is 37.7 Å². The number of ether oxygens (including phenoxy) is 4. The van der Waals surface area contributed by atoms with Gasteiger partial charge in [0.15, 0.2) is 0 Å². The molecule has 0 aliphatic carbocycles. The van der Waals surface area contributed by atoms with Crippen molar-refractivity contribution >= 4 is 50.2 Å². The third kappa shape index (κ3) is 9.69. The number of alkyl halides is 6. The van der Waals surface area contributed by atoms with Crippen molar-refractivity contribution in [1.82, 2.24) is 28.9 Å². The van der Waals surface area contributed by atoms with Gasteiger partial charge in [0.05, 0.1) is 52.9 Å². The van der Waals surface area contributed by atoms with Crippen LogP contribution in [-0.4, -0.2) is 146 Å². The monoisotopic (exact) mass is 694 g/mol. The van der Waals surface area contributed by atoms with Crippen LogP contribution < -0.4 is 10.2 Å². The van der Waals surface area contributed by atoms with Crippen molar-refractivity contribution < 1.29 is 55.2 Å². The number of halogens is 6. The quantitative estimate of drug-likeness (QED) is 0.216. The minimum atomic E-state index is -4.10. The van der Waals surface area contributed by atoms with E-state index in [0.29, 0.717) is 52.9 Å². The van der Waals surface area contributed by atoms with Gasteiger partial charge in [0.1, 0.15) is 0 Å². The Morgan fingerprint density at radius 1 is 0.524 bits per heavy atom. The lowest BCUT2D eigenvalue weighted by atomic mass is 10.5. The number of nitrogens with one attached hydrogen (secondary N) is 2. The van der Waals surface area contributed by atoms with Gasteiger partial charge in [-0.3, -0.25) is 28.9 Å². The molecule has 4 aliphatic heterocycles. The zero-order chi connectivity index (χ0) is 31.0. The van der Waals surface area contributed by atoms with E-state index >= 15 is 0 Å². The lowest BCUT2D eigenvalue weighted by Gasteiger charge is -2.41. The summed E-state index contributed by atoms with van der Waals surface area (Å²) in [5.41, 5.74) is 0. The number of hydrogen-bond donors (Lipinski definition) is 2. The fraction of sp³-hybridized carbons (Fsp3) is 0.900. The van der Waals surface area contributed by atoms with Crippen molar-refractivity contribution in [3.63, 3.8) is 0 Å². The Hall–Kier alpha value is -0.620. The molecule has 0 bridgehead atoms. The third-order valence-electron chi connectivity index (χ3n) is 6.49. The molecule has 14 nitrogen and oxygen atoms in total. The molecule has 0 saturated carbocycles. The van der Waals surface area contributed by atoms with Gasteiger partial charge in [-0.1, -0.05) is 0 Å². The van der Waals surface area contributed by atoms with Gasteiger partial charge >= 0.3 is 37.8 Å². The summed E-state index contributed by atoms with van der Waals surface area (Å²) in [4.78, 5) is 23.0. The van der Waals surface area contributed by atoms with E-state index < -0.39 is 37.8 Å².